The summed E-state index contributed by atoms with van der Waals surface area (Å²) in [7, 11) is 0. The van der Waals surface area contributed by atoms with Crippen molar-refractivity contribution >= 4 is 28.9 Å². The molecule has 34 heavy (non-hydrogen) atoms. The predicted molar refractivity (Wildman–Crippen MR) is 134 cm³/mol. The van der Waals surface area contributed by atoms with E-state index in [-0.39, 0.29) is 12.3 Å². The normalized spacial score (nSPS) is 10.9. The molecule has 0 atom stereocenters. The third-order valence-electron chi connectivity index (χ3n) is 4.94. The van der Waals surface area contributed by atoms with E-state index >= 15 is 0 Å². The molecule has 0 spiro atoms. The van der Waals surface area contributed by atoms with Crippen LogP contribution in [-0.4, -0.2) is 11.5 Å². The number of nitro groups is 1. The molecule has 0 aliphatic heterocycles. The van der Waals surface area contributed by atoms with E-state index in [2.05, 4.69) is 12.6 Å². The molecule has 3 rings (SSSR count). The predicted octanol–water partition coefficient (Wildman–Crippen LogP) is 7.02. The summed E-state index contributed by atoms with van der Waals surface area (Å²) in [5.74, 6) is 1.10. The maximum absolute atomic E-state index is 10.9. The first-order valence-corrected chi connectivity index (χ1v) is 11.0. The van der Waals surface area contributed by atoms with Crippen molar-refractivity contribution in [2.75, 3.05) is 6.61 Å². The number of allylic oxidation sites excluding steroid dienone is 2. The van der Waals surface area contributed by atoms with E-state index in [1.54, 1.807) is 36.4 Å². The summed E-state index contributed by atoms with van der Waals surface area (Å²) in [6, 6.07) is 19.3. The minimum atomic E-state index is -0.440. The molecule has 0 unspecified atom stereocenters. The molecule has 0 bridgehead atoms. The van der Waals surface area contributed by atoms with E-state index in [4.69, 9.17) is 21.1 Å². The van der Waals surface area contributed by atoms with Gasteiger partial charge < -0.3 is 9.47 Å². The highest BCUT2D eigenvalue weighted by molar-refractivity contribution is 6.32. The first-order valence-electron chi connectivity index (χ1n) is 10.6. The average molecular weight is 475 g/mol. The van der Waals surface area contributed by atoms with Crippen molar-refractivity contribution in [1.82, 2.24) is 0 Å². The van der Waals surface area contributed by atoms with Gasteiger partial charge in [-0.05, 0) is 60.9 Å². The van der Waals surface area contributed by atoms with Gasteiger partial charge in [0.05, 0.1) is 23.2 Å². The number of nitriles is 1. The van der Waals surface area contributed by atoms with Gasteiger partial charge in [-0.25, -0.2) is 0 Å². The molecule has 3 aromatic rings. The number of hydrogen-bond acceptors (Lipinski definition) is 5. The first kappa shape index (κ1) is 24.6. The third-order valence-corrected chi connectivity index (χ3v) is 5.27. The van der Waals surface area contributed by atoms with E-state index < -0.39 is 4.92 Å². The quantitative estimate of drug-likeness (QED) is 0.104. The highest BCUT2D eigenvalue weighted by Crippen LogP contribution is 2.36. The van der Waals surface area contributed by atoms with E-state index in [9.17, 15) is 15.4 Å². The molecule has 0 saturated heterocycles. The van der Waals surface area contributed by atoms with Crippen molar-refractivity contribution in [2.45, 2.75) is 20.0 Å². The van der Waals surface area contributed by atoms with E-state index in [1.165, 1.54) is 12.1 Å². The summed E-state index contributed by atoms with van der Waals surface area (Å²) < 4.78 is 12.0. The van der Waals surface area contributed by atoms with Gasteiger partial charge in [0.2, 0.25) is 0 Å². The van der Waals surface area contributed by atoms with Crippen LogP contribution in [-0.2, 0) is 13.0 Å². The van der Waals surface area contributed by atoms with E-state index in [1.807, 2.05) is 31.2 Å². The second kappa shape index (κ2) is 11.7. The average Bonchev–Trinajstić information content (AvgIpc) is 2.83. The lowest BCUT2D eigenvalue weighted by molar-refractivity contribution is -0.384. The molecule has 0 aromatic heterocycles. The molecule has 0 N–H and O–H groups in total. The monoisotopic (exact) mass is 474 g/mol. The zero-order valence-corrected chi connectivity index (χ0v) is 19.4. The van der Waals surface area contributed by atoms with Crippen LogP contribution in [0, 0.1) is 21.4 Å². The van der Waals surface area contributed by atoms with Crippen LogP contribution in [0.4, 0.5) is 5.69 Å². The highest BCUT2D eigenvalue weighted by Gasteiger charge is 2.15. The zero-order valence-electron chi connectivity index (χ0n) is 18.7. The lowest BCUT2D eigenvalue weighted by Gasteiger charge is -2.17. The molecule has 0 fully saturated rings. The molecule has 0 aliphatic carbocycles. The molecular weight excluding hydrogens is 452 g/mol. The zero-order chi connectivity index (χ0) is 24.5. The number of non-ortho nitro benzene ring substituents is 1. The molecule has 3 aromatic carbocycles. The van der Waals surface area contributed by atoms with E-state index in [0.717, 1.165) is 16.7 Å². The molecular formula is C27H23ClN2O4. The van der Waals surface area contributed by atoms with Gasteiger partial charge in [-0.3, -0.25) is 10.1 Å². The minimum Gasteiger partial charge on any atom is -0.490 e. The largest absolute Gasteiger partial charge is 0.490 e. The Balaban J connectivity index is 1.98. The number of hydrogen-bond donors (Lipinski definition) is 0. The molecule has 0 aliphatic rings. The maximum atomic E-state index is 10.9. The molecule has 0 heterocycles. The molecule has 0 amide bonds. The van der Waals surface area contributed by atoms with Crippen molar-refractivity contribution in [3.05, 3.63) is 111 Å². The van der Waals surface area contributed by atoms with Gasteiger partial charge in [0.1, 0.15) is 6.61 Å². The minimum absolute atomic E-state index is 0.0223. The second-order valence-electron chi connectivity index (χ2n) is 7.29. The van der Waals surface area contributed by atoms with Crippen molar-refractivity contribution < 1.29 is 14.4 Å². The summed E-state index contributed by atoms with van der Waals surface area (Å²) in [5, 5.41) is 21.1. The number of benzene rings is 3. The summed E-state index contributed by atoms with van der Waals surface area (Å²) in [5.41, 5.74) is 3.48. The summed E-state index contributed by atoms with van der Waals surface area (Å²) in [6.45, 7) is 6.34. The Hall–Kier alpha value is -4.08. The third kappa shape index (κ3) is 6.03. The fourth-order valence-corrected chi connectivity index (χ4v) is 3.62. The van der Waals surface area contributed by atoms with Gasteiger partial charge in [-0.1, -0.05) is 35.9 Å². The van der Waals surface area contributed by atoms with Crippen LogP contribution in [0.25, 0.3) is 11.6 Å². The molecule has 7 heteroatoms. The summed E-state index contributed by atoms with van der Waals surface area (Å²) in [4.78, 5) is 10.4. The Morgan fingerprint density at radius 3 is 2.53 bits per heavy atom. The lowest BCUT2D eigenvalue weighted by atomic mass is 10.0. The number of nitro benzene ring substituents is 1. The Bertz CT molecular complexity index is 1260. The maximum Gasteiger partial charge on any atom is 0.269 e. The Kier molecular flexibility index (Phi) is 8.44. The van der Waals surface area contributed by atoms with Crippen LogP contribution in [0.1, 0.15) is 29.2 Å². The van der Waals surface area contributed by atoms with Gasteiger partial charge in [-0.2, -0.15) is 5.26 Å². The second-order valence-corrected chi connectivity index (χ2v) is 7.70. The number of nitrogens with zero attached hydrogens (tertiary/aromatic N) is 2. The van der Waals surface area contributed by atoms with Crippen molar-refractivity contribution in [3.8, 4) is 17.6 Å². The Morgan fingerprint density at radius 1 is 1.18 bits per heavy atom. The highest BCUT2D eigenvalue weighted by atomic mass is 35.5. The van der Waals surface area contributed by atoms with Gasteiger partial charge in [0.15, 0.2) is 11.5 Å². The fraction of sp³-hybridized carbons (Fsp3) is 0.148. The van der Waals surface area contributed by atoms with Crippen molar-refractivity contribution in [3.63, 3.8) is 0 Å². The fourth-order valence-electron chi connectivity index (χ4n) is 3.39. The van der Waals surface area contributed by atoms with Crippen molar-refractivity contribution in [2.24, 2.45) is 0 Å². The number of halogens is 1. The van der Waals surface area contributed by atoms with Crippen LogP contribution in [0.2, 0.25) is 5.02 Å². The first-order chi connectivity index (χ1) is 16.5. The topological polar surface area (TPSA) is 85.4 Å². The van der Waals surface area contributed by atoms with Crippen LogP contribution in [0.5, 0.6) is 11.5 Å². The Labute approximate surface area is 203 Å². The van der Waals surface area contributed by atoms with Gasteiger partial charge in [0.25, 0.3) is 5.69 Å². The lowest BCUT2D eigenvalue weighted by Crippen LogP contribution is -2.03. The van der Waals surface area contributed by atoms with Crippen LogP contribution >= 0.6 is 11.6 Å². The van der Waals surface area contributed by atoms with Gasteiger partial charge >= 0.3 is 0 Å². The molecule has 6 nitrogen and oxygen atoms in total. The van der Waals surface area contributed by atoms with Crippen molar-refractivity contribution in [1.29, 1.82) is 5.26 Å². The van der Waals surface area contributed by atoms with Crippen LogP contribution in [0.15, 0.2) is 73.3 Å². The molecule has 0 saturated carbocycles. The van der Waals surface area contributed by atoms with Crippen LogP contribution in [0.3, 0.4) is 0 Å². The molecule has 0 radical (unpaired) electrons. The van der Waals surface area contributed by atoms with Gasteiger partial charge in [0, 0.05) is 28.3 Å². The number of rotatable bonds is 10. The Morgan fingerprint density at radius 2 is 1.91 bits per heavy atom. The number of ether oxygens (including phenoxy) is 2. The van der Waals surface area contributed by atoms with Crippen LogP contribution < -0.4 is 9.47 Å². The van der Waals surface area contributed by atoms with E-state index in [0.29, 0.717) is 40.7 Å². The molecule has 172 valence electrons. The standard InChI is InChI=1S/C27H23ClN2O4/c1-3-7-21-14-20(15-22(17-29)24-8-5-6-9-25(24)28)16-26(33-4-2)27(21)34-18-19-10-12-23(13-11-19)30(31)32/h3,5-6,8-16H,1,4,7,18H2,2H3. The SMILES string of the molecule is C=CCc1cc(C=C(C#N)c2ccccc2Cl)cc(OCC)c1OCc1ccc([N+](=O)[O-])cc1. The smallest absolute Gasteiger partial charge is 0.269 e. The summed E-state index contributed by atoms with van der Waals surface area (Å²) in [6.07, 6.45) is 4.04. The van der Waals surface area contributed by atoms with Gasteiger partial charge in [-0.15, -0.1) is 6.58 Å². The summed E-state index contributed by atoms with van der Waals surface area (Å²) >= 11 is 6.29.